The molecule has 0 radical (unpaired) electrons. The predicted molar refractivity (Wildman–Crippen MR) is 100 cm³/mol. The second-order valence-corrected chi connectivity index (χ2v) is 7.13. The number of aryl methyl sites for hydroxylation is 1. The van der Waals surface area contributed by atoms with Gasteiger partial charge in [0.15, 0.2) is 0 Å². The largest absolute Gasteiger partial charge is 0.348 e. The highest BCUT2D eigenvalue weighted by atomic mass is 16.2. The second-order valence-electron chi connectivity index (χ2n) is 7.13. The van der Waals surface area contributed by atoms with Crippen LogP contribution in [-0.4, -0.2) is 47.9 Å². The second kappa shape index (κ2) is 7.79. The molecule has 0 N–H and O–H groups in total. The smallest absolute Gasteiger partial charge is 0.236 e. The number of aromatic nitrogens is 1. The molecule has 0 saturated carbocycles. The lowest BCUT2D eigenvalue weighted by atomic mass is 10.1. The highest BCUT2D eigenvalue weighted by Gasteiger charge is 2.29. The van der Waals surface area contributed by atoms with Gasteiger partial charge in [-0.05, 0) is 44.0 Å². The molecule has 1 aliphatic heterocycles. The zero-order chi connectivity index (χ0) is 17.8. The monoisotopic (exact) mass is 337 g/mol. The average Bonchev–Trinajstić information content (AvgIpc) is 3.05. The van der Waals surface area contributed by atoms with E-state index >= 15 is 0 Å². The fourth-order valence-electron chi connectivity index (χ4n) is 3.36. The molecular weight excluding hydrogens is 310 g/mol. The summed E-state index contributed by atoms with van der Waals surface area (Å²) in [5, 5.41) is 0. The number of carbonyl (C=O) groups is 1. The van der Waals surface area contributed by atoms with Gasteiger partial charge in [0.2, 0.25) is 5.91 Å². The number of amides is 1. The maximum atomic E-state index is 12.1. The standard InChI is InChI=1S/C21H27N3O/c1-16-9-11-17(12-10-16)14-18-6-4-7-19(22-18)20-8-5-13-24(20)15-21(25)23(2)3/h4,6-7,9-12,20H,5,8,13-15H2,1-3H3/t20-/m1/s1. The van der Waals surface area contributed by atoms with Gasteiger partial charge in [0.05, 0.1) is 18.3 Å². The molecule has 1 amide bonds. The van der Waals surface area contributed by atoms with Gasteiger partial charge in [0, 0.05) is 26.2 Å². The van der Waals surface area contributed by atoms with Crippen LogP contribution in [0.2, 0.25) is 0 Å². The molecule has 1 aromatic carbocycles. The molecule has 1 aromatic heterocycles. The molecule has 4 nitrogen and oxygen atoms in total. The highest BCUT2D eigenvalue weighted by Crippen LogP contribution is 2.30. The molecule has 2 heterocycles. The zero-order valence-electron chi connectivity index (χ0n) is 15.4. The van der Waals surface area contributed by atoms with Crippen molar-refractivity contribution in [2.45, 2.75) is 32.2 Å². The first-order chi connectivity index (χ1) is 12.0. The normalized spacial score (nSPS) is 17.6. The van der Waals surface area contributed by atoms with Gasteiger partial charge in [0.25, 0.3) is 0 Å². The zero-order valence-corrected chi connectivity index (χ0v) is 15.4. The van der Waals surface area contributed by atoms with Crippen molar-refractivity contribution in [1.29, 1.82) is 0 Å². The van der Waals surface area contributed by atoms with E-state index in [4.69, 9.17) is 4.98 Å². The van der Waals surface area contributed by atoms with Gasteiger partial charge < -0.3 is 4.90 Å². The Hall–Kier alpha value is -2.20. The Kier molecular flexibility index (Phi) is 5.49. The van der Waals surface area contributed by atoms with E-state index in [2.05, 4.69) is 54.3 Å². The number of hydrogen-bond donors (Lipinski definition) is 0. The number of benzene rings is 1. The lowest BCUT2D eigenvalue weighted by molar-refractivity contribution is -0.130. The summed E-state index contributed by atoms with van der Waals surface area (Å²) in [6.07, 6.45) is 3.04. The van der Waals surface area contributed by atoms with E-state index in [1.807, 2.05) is 14.1 Å². The van der Waals surface area contributed by atoms with Crippen molar-refractivity contribution in [2.24, 2.45) is 0 Å². The number of pyridine rings is 1. The third-order valence-electron chi connectivity index (χ3n) is 4.88. The summed E-state index contributed by atoms with van der Waals surface area (Å²) in [5.74, 6) is 0.155. The Balaban J connectivity index is 1.73. The summed E-state index contributed by atoms with van der Waals surface area (Å²) in [4.78, 5) is 20.9. The van der Waals surface area contributed by atoms with Gasteiger partial charge >= 0.3 is 0 Å². The topological polar surface area (TPSA) is 36.4 Å². The van der Waals surface area contributed by atoms with Crippen LogP contribution in [0.5, 0.6) is 0 Å². The minimum absolute atomic E-state index is 0.155. The Morgan fingerprint density at radius 1 is 1.20 bits per heavy atom. The van der Waals surface area contributed by atoms with Crippen LogP contribution in [0, 0.1) is 6.92 Å². The molecule has 1 atom stereocenters. The van der Waals surface area contributed by atoms with E-state index < -0.39 is 0 Å². The summed E-state index contributed by atoms with van der Waals surface area (Å²) < 4.78 is 0. The van der Waals surface area contributed by atoms with E-state index in [1.165, 1.54) is 11.1 Å². The van der Waals surface area contributed by atoms with Crippen molar-refractivity contribution in [3.05, 3.63) is 65.0 Å². The SMILES string of the molecule is Cc1ccc(Cc2cccc([C@H]3CCCN3CC(=O)N(C)C)n2)cc1. The van der Waals surface area contributed by atoms with Crippen LogP contribution in [0.4, 0.5) is 0 Å². The summed E-state index contributed by atoms with van der Waals surface area (Å²) >= 11 is 0. The van der Waals surface area contributed by atoms with Crippen molar-refractivity contribution in [1.82, 2.24) is 14.8 Å². The van der Waals surface area contributed by atoms with Crippen LogP contribution in [0.15, 0.2) is 42.5 Å². The molecule has 132 valence electrons. The summed E-state index contributed by atoms with van der Waals surface area (Å²) in [5.41, 5.74) is 4.74. The molecule has 0 bridgehead atoms. The molecule has 2 aromatic rings. The number of carbonyl (C=O) groups excluding carboxylic acids is 1. The quantitative estimate of drug-likeness (QED) is 0.841. The predicted octanol–water partition coefficient (Wildman–Crippen LogP) is 3.21. The van der Waals surface area contributed by atoms with Crippen LogP contribution in [0.1, 0.15) is 41.4 Å². The Labute approximate surface area is 150 Å². The third kappa shape index (κ3) is 4.45. The van der Waals surface area contributed by atoms with Crippen LogP contribution in [-0.2, 0) is 11.2 Å². The number of likely N-dealkylation sites (N-methyl/N-ethyl adjacent to an activating group) is 1. The van der Waals surface area contributed by atoms with E-state index in [9.17, 15) is 4.79 Å². The van der Waals surface area contributed by atoms with Crippen molar-refractivity contribution in [2.75, 3.05) is 27.2 Å². The fraction of sp³-hybridized carbons (Fsp3) is 0.429. The lowest BCUT2D eigenvalue weighted by Crippen LogP contribution is -2.36. The molecule has 1 fully saturated rings. The van der Waals surface area contributed by atoms with Crippen molar-refractivity contribution in [3.63, 3.8) is 0 Å². The van der Waals surface area contributed by atoms with Gasteiger partial charge in [-0.15, -0.1) is 0 Å². The van der Waals surface area contributed by atoms with E-state index in [1.54, 1.807) is 4.90 Å². The number of nitrogens with zero attached hydrogens (tertiary/aromatic N) is 3. The first-order valence-corrected chi connectivity index (χ1v) is 8.98. The van der Waals surface area contributed by atoms with E-state index in [0.29, 0.717) is 6.54 Å². The first kappa shape index (κ1) is 17.6. The van der Waals surface area contributed by atoms with Gasteiger partial charge in [0.1, 0.15) is 0 Å². The molecule has 1 aliphatic rings. The Morgan fingerprint density at radius 3 is 2.68 bits per heavy atom. The number of rotatable bonds is 5. The molecule has 4 heteroatoms. The molecule has 25 heavy (non-hydrogen) atoms. The van der Waals surface area contributed by atoms with E-state index in [-0.39, 0.29) is 11.9 Å². The maximum Gasteiger partial charge on any atom is 0.236 e. The summed E-state index contributed by atoms with van der Waals surface area (Å²) in [6.45, 7) is 3.54. The third-order valence-corrected chi connectivity index (χ3v) is 4.88. The highest BCUT2D eigenvalue weighted by molar-refractivity contribution is 5.77. The van der Waals surface area contributed by atoms with Crippen molar-refractivity contribution in [3.8, 4) is 0 Å². The van der Waals surface area contributed by atoms with Gasteiger partial charge in [-0.2, -0.15) is 0 Å². The first-order valence-electron chi connectivity index (χ1n) is 8.98. The van der Waals surface area contributed by atoms with Crippen LogP contribution >= 0.6 is 0 Å². The van der Waals surface area contributed by atoms with Crippen molar-refractivity contribution >= 4 is 5.91 Å². The van der Waals surface area contributed by atoms with Crippen molar-refractivity contribution < 1.29 is 4.79 Å². The van der Waals surface area contributed by atoms with Crippen LogP contribution in [0.25, 0.3) is 0 Å². The number of likely N-dealkylation sites (tertiary alicyclic amines) is 1. The minimum atomic E-state index is 0.155. The Morgan fingerprint density at radius 2 is 1.96 bits per heavy atom. The lowest BCUT2D eigenvalue weighted by Gasteiger charge is -2.25. The van der Waals surface area contributed by atoms with Gasteiger partial charge in [-0.1, -0.05) is 35.9 Å². The summed E-state index contributed by atoms with van der Waals surface area (Å²) in [6, 6.07) is 15.2. The van der Waals surface area contributed by atoms with Crippen LogP contribution in [0.3, 0.4) is 0 Å². The molecular formula is C21H27N3O. The number of hydrogen-bond acceptors (Lipinski definition) is 3. The molecule has 0 unspecified atom stereocenters. The molecule has 1 saturated heterocycles. The summed E-state index contributed by atoms with van der Waals surface area (Å²) in [7, 11) is 3.63. The van der Waals surface area contributed by atoms with Crippen LogP contribution < -0.4 is 0 Å². The minimum Gasteiger partial charge on any atom is -0.348 e. The maximum absolute atomic E-state index is 12.1. The molecule has 0 aliphatic carbocycles. The Bertz CT molecular complexity index is 724. The van der Waals surface area contributed by atoms with E-state index in [0.717, 1.165) is 37.2 Å². The molecule has 0 spiro atoms. The van der Waals surface area contributed by atoms with Gasteiger partial charge in [-0.3, -0.25) is 14.7 Å². The fourth-order valence-corrected chi connectivity index (χ4v) is 3.36. The van der Waals surface area contributed by atoms with Gasteiger partial charge in [-0.25, -0.2) is 0 Å². The molecule has 3 rings (SSSR count). The average molecular weight is 337 g/mol.